The zero-order valence-electron chi connectivity index (χ0n) is 5.61. The molecule has 0 amide bonds. The van der Waals surface area contributed by atoms with Crippen molar-refractivity contribution in [3.05, 3.63) is 27.3 Å². The monoisotopic (exact) mass is 230 g/mol. The predicted octanol–water partition coefficient (Wildman–Crippen LogP) is 0.858. The smallest absolute Gasteiger partial charge is 0.0877 e. The molecule has 0 saturated carbocycles. The Morgan fingerprint density at radius 2 is 2.00 bits per heavy atom. The molecule has 0 aromatic heterocycles. The molecular formula is C7H8BI. The molecule has 1 aromatic carbocycles. The van der Waals surface area contributed by atoms with Crippen LogP contribution in [0, 0.1) is 10.5 Å². The summed E-state index contributed by atoms with van der Waals surface area (Å²) in [6, 6.07) is 6.53. The van der Waals surface area contributed by atoms with Crippen LogP contribution in [0.1, 0.15) is 5.56 Å². The lowest BCUT2D eigenvalue weighted by molar-refractivity contribution is 1.47. The fourth-order valence-electron chi connectivity index (χ4n) is 0.919. The van der Waals surface area contributed by atoms with Crippen molar-refractivity contribution in [3.8, 4) is 0 Å². The van der Waals surface area contributed by atoms with Crippen LogP contribution in [0.15, 0.2) is 18.2 Å². The van der Waals surface area contributed by atoms with Crippen molar-refractivity contribution >= 4 is 35.9 Å². The average molecular weight is 230 g/mol. The van der Waals surface area contributed by atoms with Gasteiger partial charge in [-0.05, 0) is 35.6 Å². The Bertz CT molecular complexity index is 170. The van der Waals surface area contributed by atoms with E-state index < -0.39 is 0 Å². The largest absolute Gasteiger partial charge is 0.139 e. The van der Waals surface area contributed by atoms with Crippen LogP contribution in [0.25, 0.3) is 0 Å². The lowest BCUT2D eigenvalue weighted by Crippen LogP contribution is -2.02. The Morgan fingerprint density at radius 1 is 1.33 bits per heavy atom. The molecule has 0 heterocycles. The summed E-state index contributed by atoms with van der Waals surface area (Å²) in [7, 11) is 2.12. The fourth-order valence-corrected chi connectivity index (χ4v) is 1.90. The van der Waals surface area contributed by atoms with Crippen molar-refractivity contribution in [1.29, 1.82) is 0 Å². The minimum Gasteiger partial charge on any atom is -0.0877 e. The van der Waals surface area contributed by atoms with Crippen molar-refractivity contribution in [1.82, 2.24) is 0 Å². The minimum atomic E-state index is 1.32. The van der Waals surface area contributed by atoms with Crippen LogP contribution in [0.3, 0.4) is 0 Å². The van der Waals surface area contributed by atoms with Crippen LogP contribution in [0.5, 0.6) is 0 Å². The standard InChI is InChI=1S/C7H8BI/c1-5-2-6(8)4-7(9)3-5/h2-4H,8H2,1H3. The second-order valence-electron chi connectivity index (χ2n) is 2.31. The van der Waals surface area contributed by atoms with Gasteiger partial charge < -0.3 is 0 Å². The maximum atomic E-state index is 2.33. The van der Waals surface area contributed by atoms with Gasteiger partial charge in [0.15, 0.2) is 0 Å². The van der Waals surface area contributed by atoms with Crippen LogP contribution in [0.4, 0.5) is 0 Å². The summed E-state index contributed by atoms with van der Waals surface area (Å²) in [5.74, 6) is 0. The summed E-state index contributed by atoms with van der Waals surface area (Å²) in [5.41, 5.74) is 2.69. The molecule has 2 heteroatoms. The van der Waals surface area contributed by atoms with Gasteiger partial charge in [0.1, 0.15) is 7.85 Å². The molecule has 0 N–H and O–H groups in total. The van der Waals surface area contributed by atoms with Crippen molar-refractivity contribution in [2.75, 3.05) is 0 Å². The number of hydrogen-bond donors (Lipinski definition) is 0. The molecule has 0 saturated heterocycles. The molecular weight excluding hydrogens is 222 g/mol. The van der Waals surface area contributed by atoms with Crippen molar-refractivity contribution in [2.45, 2.75) is 6.92 Å². The number of aryl methyl sites for hydroxylation is 1. The van der Waals surface area contributed by atoms with E-state index in [4.69, 9.17) is 0 Å². The summed E-state index contributed by atoms with van der Waals surface area (Å²) in [6.45, 7) is 2.12. The van der Waals surface area contributed by atoms with Gasteiger partial charge >= 0.3 is 0 Å². The summed E-state index contributed by atoms with van der Waals surface area (Å²) in [6.07, 6.45) is 0. The molecule has 0 aliphatic rings. The van der Waals surface area contributed by atoms with Gasteiger partial charge in [-0.3, -0.25) is 0 Å². The Morgan fingerprint density at radius 3 is 2.44 bits per heavy atom. The van der Waals surface area contributed by atoms with Crippen LogP contribution in [0.2, 0.25) is 0 Å². The Labute approximate surface area is 70.2 Å². The quantitative estimate of drug-likeness (QED) is 0.458. The zero-order chi connectivity index (χ0) is 6.85. The molecule has 1 aromatic rings. The second-order valence-corrected chi connectivity index (χ2v) is 3.55. The third-order valence-electron chi connectivity index (χ3n) is 1.19. The van der Waals surface area contributed by atoms with E-state index in [2.05, 4.69) is 55.6 Å². The molecule has 0 aliphatic heterocycles. The molecule has 0 unspecified atom stereocenters. The topological polar surface area (TPSA) is 0 Å². The molecule has 46 valence electrons. The molecule has 0 aliphatic carbocycles. The molecule has 1 rings (SSSR count). The van der Waals surface area contributed by atoms with E-state index >= 15 is 0 Å². The van der Waals surface area contributed by atoms with Gasteiger partial charge in [-0.15, -0.1) is 0 Å². The number of hydrogen-bond acceptors (Lipinski definition) is 0. The SMILES string of the molecule is Bc1cc(C)cc(I)c1. The first-order valence-corrected chi connectivity index (χ1v) is 4.00. The first-order chi connectivity index (χ1) is 4.18. The molecule has 0 spiro atoms. The summed E-state index contributed by atoms with van der Waals surface area (Å²) >= 11 is 2.33. The minimum absolute atomic E-state index is 1.32. The summed E-state index contributed by atoms with van der Waals surface area (Å²) in [4.78, 5) is 0. The van der Waals surface area contributed by atoms with Crippen molar-refractivity contribution in [3.63, 3.8) is 0 Å². The molecule has 0 radical (unpaired) electrons. The number of halogens is 1. The highest BCUT2D eigenvalue weighted by atomic mass is 127. The van der Waals surface area contributed by atoms with Gasteiger partial charge in [-0.1, -0.05) is 23.2 Å². The maximum Gasteiger partial charge on any atom is 0.139 e. The van der Waals surface area contributed by atoms with Crippen molar-refractivity contribution in [2.24, 2.45) is 0 Å². The number of rotatable bonds is 0. The van der Waals surface area contributed by atoms with E-state index in [0.29, 0.717) is 0 Å². The van der Waals surface area contributed by atoms with E-state index in [-0.39, 0.29) is 0 Å². The van der Waals surface area contributed by atoms with E-state index in [1.807, 2.05) is 0 Å². The Hall–Kier alpha value is 0.0149. The molecule has 0 atom stereocenters. The summed E-state index contributed by atoms with van der Waals surface area (Å²) in [5, 5.41) is 0. The summed E-state index contributed by atoms with van der Waals surface area (Å²) < 4.78 is 1.32. The first-order valence-electron chi connectivity index (χ1n) is 2.92. The molecule has 0 nitrogen and oxygen atoms in total. The highest BCUT2D eigenvalue weighted by Crippen LogP contribution is 2.03. The molecule has 9 heavy (non-hydrogen) atoms. The lowest BCUT2D eigenvalue weighted by atomic mass is 9.95. The Balaban J connectivity index is 3.17. The van der Waals surface area contributed by atoms with Gasteiger partial charge in [-0.25, -0.2) is 0 Å². The van der Waals surface area contributed by atoms with Gasteiger partial charge in [-0.2, -0.15) is 0 Å². The van der Waals surface area contributed by atoms with Crippen LogP contribution < -0.4 is 5.46 Å². The number of benzene rings is 1. The van der Waals surface area contributed by atoms with Gasteiger partial charge in [0.05, 0.1) is 0 Å². The van der Waals surface area contributed by atoms with Gasteiger partial charge in [0.2, 0.25) is 0 Å². The molecule has 0 fully saturated rings. The first kappa shape index (κ1) is 7.13. The van der Waals surface area contributed by atoms with Crippen LogP contribution in [-0.2, 0) is 0 Å². The average Bonchev–Trinajstić information content (AvgIpc) is 1.59. The third-order valence-corrected chi connectivity index (χ3v) is 1.81. The van der Waals surface area contributed by atoms with E-state index in [1.165, 1.54) is 14.6 Å². The third kappa shape index (κ3) is 2.01. The van der Waals surface area contributed by atoms with Crippen LogP contribution in [-0.4, -0.2) is 7.85 Å². The maximum absolute atomic E-state index is 2.33. The van der Waals surface area contributed by atoms with E-state index in [9.17, 15) is 0 Å². The Kier molecular flexibility index (Phi) is 2.16. The van der Waals surface area contributed by atoms with Crippen LogP contribution >= 0.6 is 22.6 Å². The van der Waals surface area contributed by atoms with Crippen molar-refractivity contribution < 1.29 is 0 Å². The van der Waals surface area contributed by atoms with Gasteiger partial charge in [0.25, 0.3) is 0 Å². The van der Waals surface area contributed by atoms with E-state index in [0.717, 1.165) is 0 Å². The fraction of sp³-hybridized carbons (Fsp3) is 0.143. The van der Waals surface area contributed by atoms with Gasteiger partial charge in [0, 0.05) is 3.57 Å². The highest BCUT2D eigenvalue weighted by Gasteiger charge is 1.88. The normalized spacial score (nSPS) is 9.56. The highest BCUT2D eigenvalue weighted by molar-refractivity contribution is 14.1. The molecule has 0 bridgehead atoms. The van der Waals surface area contributed by atoms with E-state index in [1.54, 1.807) is 0 Å². The predicted molar refractivity (Wildman–Crippen MR) is 52.1 cm³/mol. The zero-order valence-corrected chi connectivity index (χ0v) is 7.77. The lowest BCUT2D eigenvalue weighted by Gasteiger charge is -1.95. The second kappa shape index (κ2) is 2.73.